The van der Waals surface area contributed by atoms with Gasteiger partial charge in [0.25, 0.3) is 5.69 Å². The van der Waals surface area contributed by atoms with Crippen molar-refractivity contribution in [2.75, 3.05) is 12.3 Å². The Balaban J connectivity index is 1.84. The maximum absolute atomic E-state index is 12.8. The van der Waals surface area contributed by atoms with E-state index in [9.17, 15) is 24.1 Å². The predicted molar refractivity (Wildman–Crippen MR) is 87.8 cm³/mol. The van der Waals surface area contributed by atoms with Gasteiger partial charge in [0.2, 0.25) is 0 Å². The summed E-state index contributed by atoms with van der Waals surface area (Å²) >= 11 is 0. The number of carbonyl (C=O) groups is 2. The zero-order chi connectivity index (χ0) is 18.4. The first-order valence-corrected chi connectivity index (χ1v) is 7.38. The summed E-state index contributed by atoms with van der Waals surface area (Å²) in [6, 6.07) is 8.79. The van der Waals surface area contributed by atoms with E-state index in [1.807, 2.05) is 0 Å². The number of benzene rings is 2. The normalized spacial score (nSPS) is 10.3. The van der Waals surface area contributed by atoms with E-state index in [2.05, 4.69) is 0 Å². The summed E-state index contributed by atoms with van der Waals surface area (Å²) in [5.41, 5.74) is 5.41. The van der Waals surface area contributed by atoms with Gasteiger partial charge < -0.3 is 10.5 Å². The van der Waals surface area contributed by atoms with Crippen molar-refractivity contribution in [3.8, 4) is 0 Å². The Bertz CT molecular complexity index is 805. The van der Waals surface area contributed by atoms with Crippen molar-refractivity contribution in [1.29, 1.82) is 0 Å². The van der Waals surface area contributed by atoms with Gasteiger partial charge in [-0.15, -0.1) is 0 Å². The van der Waals surface area contributed by atoms with Crippen LogP contribution in [0, 0.1) is 15.9 Å². The Kier molecular flexibility index (Phi) is 5.78. The van der Waals surface area contributed by atoms with E-state index in [1.54, 1.807) is 0 Å². The van der Waals surface area contributed by atoms with Crippen LogP contribution in [0.1, 0.15) is 33.6 Å². The minimum Gasteiger partial charge on any atom is -0.462 e. The first-order chi connectivity index (χ1) is 11.9. The number of Topliss-reactive ketones (excluding diaryl/α,β-unsaturated/α-hetero) is 1. The van der Waals surface area contributed by atoms with Crippen LogP contribution in [0.15, 0.2) is 42.5 Å². The molecule has 0 aliphatic heterocycles. The molecule has 0 saturated heterocycles. The third kappa shape index (κ3) is 4.84. The SMILES string of the molecule is Nc1ccc(C(=O)OCCCC(=O)c2ccc(F)cc2)cc1[N+](=O)[O-]. The molecule has 7 nitrogen and oxygen atoms in total. The Morgan fingerprint density at radius 2 is 1.76 bits per heavy atom. The number of rotatable bonds is 7. The Labute approximate surface area is 142 Å². The highest BCUT2D eigenvalue weighted by molar-refractivity contribution is 5.96. The molecule has 0 aromatic heterocycles. The smallest absolute Gasteiger partial charge is 0.338 e. The van der Waals surface area contributed by atoms with E-state index in [0.717, 1.165) is 6.07 Å². The third-order valence-electron chi connectivity index (χ3n) is 3.41. The number of nitro benzene ring substituents is 1. The number of halogens is 1. The standard InChI is InChI=1S/C17H15FN2O5/c18-13-6-3-11(4-7-13)16(21)2-1-9-25-17(22)12-5-8-14(19)15(10-12)20(23)24/h3-8,10H,1-2,9,19H2. The Morgan fingerprint density at radius 3 is 2.40 bits per heavy atom. The number of hydrogen-bond acceptors (Lipinski definition) is 6. The van der Waals surface area contributed by atoms with Gasteiger partial charge in [-0.05, 0) is 42.8 Å². The van der Waals surface area contributed by atoms with Gasteiger partial charge in [-0.25, -0.2) is 9.18 Å². The highest BCUT2D eigenvalue weighted by Gasteiger charge is 2.16. The lowest BCUT2D eigenvalue weighted by atomic mass is 10.1. The van der Waals surface area contributed by atoms with E-state index in [-0.39, 0.29) is 42.2 Å². The lowest BCUT2D eigenvalue weighted by molar-refractivity contribution is -0.383. The van der Waals surface area contributed by atoms with Gasteiger partial charge in [0, 0.05) is 18.1 Å². The van der Waals surface area contributed by atoms with E-state index < -0.39 is 16.7 Å². The molecule has 0 amide bonds. The highest BCUT2D eigenvalue weighted by Crippen LogP contribution is 2.22. The molecule has 0 spiro atoms. The van der Waals surface area contributed by atoms with E-state index in [4.69, 9.17) is 10.5 Å². The van der Waals surface area contributed by atoms with Gasteiger partial charge in [0.05, 0.1) is 17.1 Å². The monoisotopic (exact) mass is 346 g/mol. The minimum atomic E-state index is -0.739. The molecule has 0 atom stereocenters. The minimum absolute atomic E-state index is 0.00533. The second kappa shape index (κ2) is 8.00. The molecule has 2 rings (SSSR count). The molecule has 25 heavy (non-hydrogen) atoms. The van der Waals surface area contributed by atoms with Crippen LogP contribution in [0.25, 0.3) is 0 Å². The fourth-order valence-electron chi connectivity index (χ4n) is 2.09. The molecule has 2 N–H and O–H groups in total. The molecule has 0 aliphatic carbocycles. The van der Waals surface area contributed by atoms with Crippen molar-refractivity contribution in [2.24, 2.45) is 0 Å². The number of hydrogen-bond donors (Lipinski definition) is 1. The first kappa shape index (κ1) is 18.1. The average molecular weight is 346 g/mol. The van der Waals surface area contributed by atoms with E-state index in [0.29, 0.717) is 5.56 Å². The predicted octanol–water partition coefficient (Wildman–Crippen LogP) is 3.14. The van der Waals surface area contributed by atoms with Gasteiger partial charge in [0.15, 0.2) is 5.78 Å². The zero-order valence-corrected chi connectivity index (χ0v) is 13.1. The average Bonchev–Trinajstić information content (AvgIpc) is 2.59. The zero-order valence-electron chi connectivity index (χ0n) is 13.1. The summed E-state index contributed by atoms with van der Waals surface area (Å²) in [7, 11) is 0. The van der Waals surface area contributed by atoms with Crippen molar-refractivity contribution in [3.05, 3.63) is 69.5 Å². The summed E-state index contributed by atoms with van der Waals surface area (Å²) in [6.45, 7) is -0.0239. The fraction of sp³-hybridized carbons (Fsp3) is 0.176. The van der Waals surface area contributed by atoms with Crippen LogP contribution < -0.4 is 5.73 Å². The van der Waals surface area contributed by atoms with Crippen LogP contribution in [-0.2, 0) is 4.74 Å². The molecular weight excluding hydrogens is 331 g/mol. The Hall–Kier alpha value is -3.29. The molecule has 0 unspecified atom stereocenters. The quantitative estimate of drug-likeness (QED) is 0.206. The topological polar surface area (TPSA) is 113 Å². The van der Waals surface area contributed by atoms with E-state index >= 15 is 0 Å². The number of nitro groups is 1. The lowest BCUT2D eigenvalue weighted by Crippen LogP contribution is -2.09. The number of esters is 1. The van der Waals surface area contributed by atoms with E-state index in [1.165, 1.54) is 36.4 Å². The molecule has 0 bridgehead atoms. The van der Waals surface area contributed by atoms with Crippen LogP contribution in [0.5, 0.6) is 0 Å². The van der Waals surface area contributed by atoms with Crippen LogP contribution in [0.3, 0.4) is 0 Å². The van der Waals surface area contributed by atoms with Crippen molar-refractivity contribution < 1.29 is 23.6 Å². The number of nitrogens with two attached hydrogens (primary N) is 1. The second-order valence-corrected chi connectivity index (χ2v) is 5.20. The number of ketones is 1. The first-order valence-electron chi connectivity index (χ1n) is 7.38. The molecule has 130 valence electrons. The van der Waals surface area contributed by atoms with Crippen molar-refractivity contribution in [3.63, 3.8) is 0 Å². The third-order valence-corrected chi connectivity index (χ3v) is 3.41. The number of anilines is 1. The fourth-order valence-corrected chi connectivity index (χ4v) is 2.09. The maximum Gasteiger partial charge on any atom is 0.338 e. The van der Waals surface area contributed by atoms with Gasteiger partial charge in [0.1, 0.15) is 11.5 Å². The summed E-state index contributed by atoms with van der Waals surface area (Å²) in [6.07, 6.45) is 0.403. The van der Waals surface area contributed by atoms with Crippen LogP contribution in [0.2, 0.25) is 0 Å². The largest absolute Gasteiger partial charge is 0.462 e. The number of ether oxygens (including phenoxy) is 1. The maximum atomic E-state index is 12.8. The highest BCUT2D eigenvalue weighted by atomic mass is 19.1. The van der Waals surface area contributed by atoms with Gasteiger partial charge in [-0.3, -0.25) is 14.9 Å². The van der Waals surface area contributed by atoms with Crippen molar-refractivity contribution in [2.45, 2.75) is 12.8 Å². The van der Waals surface area contributed by atoms with Crippen molar-refractivity contribution in [1.82, 2.24) is 0 Å². The summed E-state index contributed by atoms with van der Waals surface area (Å²) in [4.78, 5) is 33.9. The van der Waals surface area contributed by atoms with Gasteiger partial charge in [-0.1, -0.05) is 0 Å². The summed E-state index contributed by atoms with van der Waals surface area (Å²) < 4.78 is 17.8. The molecule has 0 fully saturated rings. The number of nitrogens with zero attached hydrogens (tertiary/aromatic N) is 1. The molecule has 8 heteroatoms. The number of carbonyl (C=O) groups excluding carboxylic acids is 2. The molecule has 0 aliphatic rings. The van der Waals surface area contributed by atoms with Gasteiger partial charge in [-0.2, -0.15) is 0 Å². The Morgan fingerprint density at radius 1 is 1.12 bits per heavy atom. The number of nitrogen functional groups attached to an aromatic ring is 1. The molecule has 0 saturated carbocycles. The van der Waals surface area contributed by atoms with Crippen LogP contribution in [-0.4, -0.2) is 23.3 Å². The van der Waals surface area contributed by atoms with Gasteiger partial charge >= 0.3 is 5.97 Å². The molecule has 2 aromatic rings. The molecule has 2 aromatic carbocycles. The molecule has 0 radical (unpaired) electrons. The van der Waals surface area contributed by atoms with Crippen LogP contribution in [0.4, 0.5) is 15.8 Å². The molecule has 0 heterocycles. The van der Waals surface area contributed by atoms with Crippen molar-refractivity contribution >= 4 is 23.1 Å². The molecular formula is C17H15FN2O5. The van der Waals surface area contributed by atoms with Crippen LogP contribution >= 0.6 is 0 Å². The lowest BCUT2D eigenvalue weighted by Gasteiger charge is -2.05. The summed E-state index contributed by atoms with van der Waals surface area (Å²) in [5, 5.41) is 10.8. The second-order valence-electron chi connectivity index (χ2n) is 5.20. The summed E-state index contributed by atoms with van der Waals surface area (Å²) in [5.74, 6) is -1.36.